The van der Waals surface area contributed by atoms with Crippen molar-refractivity contribution >= 4 is 11.9 Å². The number of hydrogen-bond donors (Lipinski definition) is 2. The molecule has 6 nitrogen and oxygen atoms in total. The summed E-state index contributed by atoms with van der Waals surface area (Å²) in [4.78, 5) is 24.3. The number of nitriles is 1. The molecule has 0 saturated heterocycles. The van der Waals surface area contributed by atoms with Crippen LogP contribution in [0.5, 0.6) is 0 Å². The molecule has 1 amide bonds. The summed E-state index contributed by atoms with van der Waals surface area (Å²) in [6, 6.07) is 10.6. The highest BCUT2D eigenvalue weighted by Gasteiger charge is 2.31. The van der Waals surface area contributed by atoms with Gasteiger partial charge in [-0.05, 0) is 35.4 Å². The van der Waals surface area contributed by atoms with Crippen molar-refractivity contribution < 1.29 is 32.6 Å². The molecule has 0 aliphatic carbocycles. The van der Waals surface area contributed by atoms with E-state index in [0.29, 0.717) is 11.1 Å². The Morgan fingerprint density at radius 3 is 2.21 bits per heavy atom. The summed E-state index contributed by atoms with van der Waals surface area (Å²) >= 11 is 0. The van der Waals surface area contributed by atoms with Gasteiger partial charge in [-0.2, -0.15) is 18.4 Å². The van der Waals surface area contributed by atoms with Crippen LogP contribution in [0.25, 0.3) is 0 Å². The largest absolute Gasteiger partial charge is 0.467 e. The fourth-order valence-electron chi connectivity index (χ4n) is 2.54. The first-order chi connectivity index (χ1) is 13.7. The third-order valence-corrected chi connectivity index (χ3v) is 4.13. The predicted molar refractivity (Wildman–Crippen MR) is 95.2 cm³/mol. The van der Waals surface area contributed by atoms with Gasteiger partial charge in [-0.3, -0.25) is 4.79 Å². The number of aliphatic hydroxyl groups is 1. The Balaban J connectivity index is 2.12. The van der Waals surface area contributed by atoms with Crippen molar-refractivity contribution in [1.29, 1.82) is 5.26 Å². The Hall–Kier alpha value is -3.38. The van der Waals surface area contributed by atoms with Gasteiger partial charge in [0.2, 0.25) is 0 Å². The summed E-state index contributed by atoms with van der Waals surface area (Å²) in [5.41, 5.74) is 0.0773. The van der Waals surface area contributed by atoms with Gasteiger partial charge in [-0.1, -0.05) is 24.3 Å². The molecule has 9 heteroatoms. The van der Waals surface area contributed by atoms with E-state index in [0.717, 1.165) is 31.4 Å². The summed E-state index contributed by atoms with van der Waals surface area (Å²) in [6.07, 6.45) is -6.28. The Morgan fingerprint density at radius 2 is 1.72 bits per heavy atom. The Bertz CT molecular complexity index is 903. The molecule has 2 N–H and O–H groups in total. The van der Waals surface area contributed by atoms with Crippen molar-refractivity contribution in [2.75, 3.05) is 7.11 Å². The van der Waals surface area contributed by atoms with E-state index in [1.807, 2.05) is 6.07 Å². The molecular weight excluding hydrogens is 389 g/mol. The number of nitrogens with one attached hydrogen (secondary N) is 1. The van der Waals surface area contributed by atoms with Crippen LogP contribution in [-0.2, 0) is 26.9 Å². The zero-order valence-corrected chi connectivity index (χ0v) is 15.2. The molecule has 2 rings (SSSR count). The Labute approximate surface area is 164 Å². The van der Waals surface area contributed by atoms with E-state index < -0.39 is 35.8 Å². The average Bonchev–Trinajstić information content (AvgIpc) is 2.72. The topological polar surface area (TPSA) is 99.4 Å². The number of halogens is 3. The number of methoxy groups -OCH3 is 1. The quantitative estimate of drug-likeness (QED) is 0.719. The molecule has 0 aliphatic rings. The van der Waals surface area contributed by atoms with Gasteiger partial charge in [-0.25, -0.2) is 4.79 Å². The smallest absolute Gasteiger partial charge is 0.416 e. The summed E-state index contributed by atoms with van der Waals surface area (Å²) in [5.74, 6) is -1.73. The van der Waals surface area contributed by atoms with Crippen molar-refractivity contribution in [2.45, 2.75) is 24.7 Å². The maximum absolute atomic E-state index is 12.6. The van der Waals surface area contributed by atoms with Crippen molar-refractivity contribution in [1.82, 2.24) is 5.32 Å². The van der Waals surface area contributed by atoms with E-state index in [9.17, 15) is 27.9 Å². The number of rotatable bonds is 6. The number of aliphatic hydroxyl groups excluding tert-OH is 1. The average molecular weight is 406 g/mol. The second-order valence-corrected chi connectivity index (χ2v) is 6.12. The summed E-state index contributed by atoms with van der Waals surface area (Å²) < 4.78 is 42.5. The fourth-order valence-corrected chi connectivity index (χ4v) is 2.54. The summed E-state index contributed by atoms with van der Waals surface area (Å²) in [7, 11) is 1.13. The highest BCUT2D eigenvalue weighted by Crippen LogP contribution is 2.30. The number of amides is 1. The molecule has 0 fully saturated rings. The number of benzene rings is 2. The van der Waals surface area contributed by atoms with Gasteiger partial charge in [-0.15, -0.1) is 0 Å². The summed E-state index contributed by atoms with van der Waals surface area (Å²) in [6.45, 7) is 0. The number of carbonyl (C=O) groups is 2. The van der Waals surface area contributed by atoms with Crippen molar-refractivity contribution in [3.05, 3.63) is 70.8 Å². The minimum Gasteiger partial charge on any atom is -0.467 e. The van der Waals surface area contributed by atoms with Gasteiger partial charge in [0.1, 0.15) is 6.04 Å². The van der Waals surface area contributed by atoms with Gasteiger partial charge in [0.25, 0.3) is 5.91 Å². The Kier molecular flexibility index (Phi) is 6.96. The molecule has 2 aromatic rings. The van der Waals surface area contributed by atoms with E-state index >= 15 is 0 Å². The highest BCUT2D eigenvalue weighted by atomic mass is 19.4. The number of carbonyl (C=O) groups excluding carboxylic acids is 2. The lowest BCUT2D eigenvalue weighted by Crippen LogP contribution is -2.45. The van der Waals surface area contributed by atoms with Gasteiger partial charge in [0.05, 0.1) is 24.3 Å². The monoisotopic (exact) mass is 406 g/mol. The van der Waals surface area contributed by atoms with Crippen LogP contribution in [0.2, 0.25) is 0 Å². The van der Waals surface area contributed by atoms with Crippen LogP contribution in [0.15, 0.2) is 48.5 Å². The third-order valence-electron chi connectivity index (χ3n) is 4.13. The lowest BCUT2D eigenvalue weighted by Gasteiger charge is -2.19. The molecule has 0 radical (unpaired) electrons. The van der Waals surface area contributed by atoms with Crippen LogP contribution in [0.4, 0.5) is 13.2 Å². The van der Waals surface area contributed by atoms with Gasteiger partial charge >= 0.3 is 12.1 Å². The molecule has 2 aromatic carbocycles. The molecule has 0 unspecified atom stereocenters. The Morgan fingerprint density at radius 1 is 1.14 bits per heavy atom. The third kappa shape index (κ3) is 5.80. The normalized spacial score (nSPS) is 13.1. The summed E-state index contributed by atoms with van der Waals surface area (Å²) in [5, 5.41) is 21.3. The van der Waals surface area contributed by atoms with Gasteiger partial charge in [0.15, 0.2) is 6.10 Å². The van der Waals surface area contributed by atoms with Crippen LogP contribution in [0, 0.1) is 11.3 Å². The molecule has 0 aliphatic heterocycles. The fraction of sp³-hybridized carbons (Fsp3) is 0.250. The van der Waals surface area contributed by atoms with Crippen LogP contribution in [0.1, 0.15) is 28.4 Å². The van der Waals surface area contributed by atoms with Gasteiger partial charge in [0, 0.05) is 6.42 Å². The number of esters is 1. The second kappa shape index (κ2) is 9.21. The molecule has 0 heterocycles. The van der Waals surface area contributed by atoms with Crippen molar-refractivity contribution in [2.24, 2.45) is 0 Å². The molecule has 0 bridgehead atoms. The SMILES string of the molecule is COC(=O)[C@@H](Cc1ccc(C#N)cc1)NC(=O)[C@@H](O)c1ccc(C(F)(F)F)cc1. The highest BCUT2D eigenvalue weighted by molar-refractivity contribution is 5.87. The van der Waals surface area contributed by atoms with E-state index in [-0.39, 0.29) is 12.0 Å². The molecular formula is C20H17F3N2O4. The first kappa shape index (κ1) is 21.9. The first-order valence-corrected chi connectivity index (χ1v) is 8.38. The number of alkyl halides is 3. The van der Waals surface area contributed by atoms with Crippen LogP contribution in [-0.4, -0.2) is 30.1 Å². The van der Waals surface area contributed by atoms with Crippen LogP contribution in [0.3, 0.4) is 0 Å². The number of hydrogen-bond acceptors (Lipinski definition) is 5. The molecule has 152 valence electrons. The maximum atomic E-state index is 12.6. The van der Waals surface area contributed by atoms with Crippen molar-refractivity contribution in [3.8, 4) is 6.07 Å². The lowest BCUT2D eigenvalue weighted by molar-refractivity contribution is -0.146. The van der Waals surface area contributed by atoms with E-state index in [1.54, 1.807) is 24.3 Å². The van der Waals surface area contributed by atoms with Crippen LogP contribution >= 0.6 is 0 Å². The lowest BCUT2D eigenvalue weighted by atomic mass is 10.0. The minimum absolute atomic E-state index is 0.0316. The molecule has 29 heavy (non-hydrogen) atoms. The molecule has 0 aromatic heterocycles. The maximum Gasteiger partial charge on any atom is 0.416 e. The molecule has 2 atom stereocenters. The number of ether oxygens (including phenoxy) is 1. The van der Waals surface area contributed by atoms with E-state index in [2.05, 4.69) is 10.1 Å². The van der Waals surface area contributed by atoms with E-state index in [4.69, 9.17) is 5.26 Å². The zero-order chi connectivity index (χ0) is 21.6. The zero-order valence-electron chi connectivity index (χ0n) is 15.2. The predicted octanol–water partition coefficient (Wildman–Crippen LogP) is 2.51. The second-order valence-electron chi connectivity index (χ2n) is 6.12. The first-order valence-electron chi connectivity index (χ1n) is 8.38. The van der Waals surface area contributed by atoms with Crippen molar-refractivity contribution in [3.63, 3.8) is 0 Å². The van der Waals surface area contributed by atoms with E-state index in [1.165, 1.54) is 0 Å². The molecule has 0 saturated carbocycles. The number of nitrogens with zero attached hydrogens (tertiary/aromatic N) is 1. The van der Waals surface area contributed by atoms with Crippen LogP contribution < -0.4 is 5.32 Å². The van der Waals surface area contributed by atoms with Gasteiger partial charge < -0.3 is 15.2 Å². The standard InChI is InChI=1S/C20H17F3N2O4/c1-29-19(28)16(10-12-2-4-13(11-24)5-3-12)25-18(27)17(26)14-6-8-15(9-7-14)20(21,22)23/h2-9,16-17,26H,10H2,1H3,(H,25,27)/t16-,17+/m1/s1. The molecule has 0 spiro atoms. The minimum atomic E-state index is -4.54.